The van der Waals surface area contributed by atoms with E-state index in [4.69, 9.17) is 4.74 Å². The van der Waals surface area contributed by atoms with Crippen molar-refractivity contribution >= 4 is 0 Å². The fourth-order valence-electron chi connectivity index (χ4n) is 1.97. The van der Waals surface area contributed by atoms with Crippen molar-refractivity contribution in [3.05, 3.63) is 13.3 Å². The van der Waals surface area contributed by atoms with Crippen molar-refractivity contribution in [2.45, 2.75) is 32.1 Å². The molecule has 0 spiro atoms. The number of ether oxygens (including phenoxy) is 1. The van der Waals surface area contributed by atoms with Gasteiger partial charge in [-0.25, -0.2) is 0 Å². The predicted molar refractivity (Wildman–Crippen MR) is 51.6 cm³/mol. The van der Waals surface area contributed by atoms with Gasteiger partial charge in [0.05, 0.1) is 0 Å². The molecule has 1 heteroatoms. The lowest BCUT2D eigenvalue weighted by molar-refractivity contribution is 0.188. The average Bonchev–Trinajstić information content (AvgIpc) is 2.53. The molecule has 2 atom stereocenters. The maximum Gasteiger partial charge on any atom is 0.0462 e. The fraction of sp³-hybridized carbons (Fsp3) is 0.818. The monoisotopic (exact) mass is 168 g/mol. The van der Waals surface area contributed by atoms with Crippen LogP contribution < -0.4 is 0 Å². The Hall–Kier alpha value is -0.0400. The highest BCUT2D eigenvalue weighted by Gasteiger charge is 2.22. The Morgan fingerprint density at radius 2 is 2.42 bits per heavy atom. The molecule has 0 aromatic carbocycles. The van der Waals surface area contributed by atoms with E-state index in [1.807, 2.05) is 0 Å². The molecule has 0 bridgehead atoms. The molecule has 0 aromatic rings. The van der Waals surface area contributed by atoms with Gasteiger partial charge in [0.15, 0.2) is 0 Å². The maximum absolute atomic E-state index is 5.03. The summed E-state index contributed by atoms with van der Waals surface area (Å²) in [6.07, 6.45) is 8.77. The number of rotatable bonds is 5. The van der Waals surface area contributed by atoms with E-state index in [2.05, 4.69) is 13.3 Å². The molecule has 2 unspecified atom stereocenters. The number of hydrogen-bond acceptors (Lipinski definition) is 1. The van der Waals surface area contributed by atoms with Crippen LogP contribution >= 0.6 is 0 Å². The number of methoxy groups -OCH3 is 1. The minimum absolute atomic E-state index is 0.854. The molecule has 0 amide bonds. The summed E-state index contributed by atoms with van der Waals surface area (Å²) in [5, 5.41) is 0. The first-order valence-electron chi connectivity index (χ1n) is 4.98. The van der Waals surface area contributed by atoms with Crippen LogP contribution in [0.4, 0.5) is 0 Å². The number of hydrogen-bond donors (Lipinski definition) is 0. The first-order valence-corrected chi connectivity index (χ1v) is 4.98. The normalized spacial score (nSPS) is 29.5. The fourth-order valence-corrected chi connectivity index (χ4v) is 1.97. The van der Waals surface area contributed by atoms with Gasteiger partial charge >= 0.3 is 0 Å². The summed E-state index contributed by atoms with van der Waals surface area (Å²) in [7, 11) is 1.77. The minimum atomic E-state index is 0.854. The summed E-state index contributed by atoms with van der Waals surface area (Å²) >= 11 is 0. The summed E-state index contributed by atoms with van der Waals surface area (Å²) in [5.74, 6) is 1.73. The van der Waals surface area contributed by atoms with Crippen molar-refractivity contribution in [2.24, 2.45) is 11.8 Å². The quantitative estimate of drug-likeness (QED) is 0.573. The Kier molecular flexibility index (Phi) is 4.67. The molecule has 0 heterocycles. The molecule has 0 saturated heterocycles. The van der Waals surface area contributed by atoms with Crippen LogP contribution in [0, 0.1) is 25.2 Å². The van der Waals surface area contributed by atoms with E-state index in [-0.39, 0.29) is 0 Å². The van der Waals surface area contributed by atoms with Crippen LogP contribution in [-0.2, 0) is 4.74 Å². The minimum Gasteiger partial charge on any atom is -0.385 e. The van der Waals surface area contributed by atoms with E-state index < -0.39 is 0 Å². The van der Waals surface area contributed by atoms with Gasteiger partial charge in [0.25, 0.3) is 0 Å². The third kappa shape index (κ3) is 3.14. The third-order valence-corrected chi connectivity index (χ3v) is 2.77. The molecule has 1 fully saturated rings. The molecule has 2 radical (unpaired) electrons. The van der Waals surface area contributed by atoms with Crippen LogP contribution in [-0.4, -0.2) is 13.7 Å². The predicted octanol–water partition coefficient (Wildman–Crippen LogP) is 2.87. The van der Waals surface area contributed by atoms with Gasteiger partial charge in [-0.15, -0.1) is 0 Å². The van der Waals surface area contributed by atoms with Gasteiger partial charge in [-0.3, -0.25) is 0 Å². The zero-order valence-corrected chi connectivity index (χ0v) is 8.09. The Bertz CT molecular complexity index is 112. The van der Waals surface area contributed by atoms with Crippen molar-refractivity contribution in [3.63, 3.8) is 0 Å². The van der Waals surface area contributed by atoms with Crippen LogP contribution in [0.25, 0.3) is 0 Å². The van der Waals surface area contributed by atoms with Gasteiger partial charge in [0.2, 0.25) is 0 Å². The molecule has 1 nitrogen and oxygen atoms in total. The van der Waals surface area contributed by atoms with Crippen molar-refractivity contribution < 1.29 is 4.74 Å². The first kappa shape index (κ1) is 10.0. The first-order chi connectivity index (χ1) is 5.86. The second-order valence-corrected chi connectivity index (χ2v) is 3.76. The van der Waals surface area contributed by atoms with E-state index in [9.17, 15) is 0 Å². The van der Waals surface area contributed by atoms with Gasteiger partial charge < -0.3 is 4.74 Å². The van der Waals surface area contributed by atoms with Gasteiger partial charge in [0, 0.05) is 13.7 Å². The summed E-state index contributed by atoms with van der Waals surface area (Å²) in [6.45, 7) is 4.87. The average molecular weight is 168 g/mol. The van der Waals surface area contributed by atoms with Crippen LogP contribution in [0.15, 0.2) is 0 Å². The van der Waals surface area contributed by atoms with Gasteiger partial charge in [-0.2, -0.15) is 0 Å². The van der Waals surface area contributed by atoms with Crippen molar-refractivity contribution in [2.75, 3.05) is 13.7 Å². The van der Waals surface area contributed by atoms with E-state index in [0.29, 0.717) is 0 Å². The molecule has 12 heavy (non-hydrogen) atoms. The van der Waals surface area contributed by atoms with E-state index >= 15 is 0 Å². The zero-order valence-electron chi connectivity index (χ0n) is 8.09. The molecule has 0 aliphatic heterocycles. The molecule has 1 aliphatic carbocycles. The van der Waals surface area contributed by atoms with Gasteiger partial charge in [0.1, 0.15) is 0 Å². The lowest BCUT2D eigenvalue weighted by Gasteiger charge is -2.08. The summed E-state index contributed by atoms with van der Waals surface area (Å²) in [5.41, 5.74) is 0. The summed E-state index contributed by atoms with van der Waals surface area (Å²) in [6, 6.07) is 0. The molecular formula is C11H20O. The Morgan fingerprint density at radius 1 is 1.58 bits per heavy atom. The summed E-state index contributed by atoms with van der Waals surface area (Å²) < 4.78 is 5.03. The van der Waals surface area contributed by atoms with Crippen LogP contribution in [0.2, 0.25) is 0 Å². The lowest BCUT2D eigenvalue weighted by Crippen LogP contribution is -1.98. The third-order valence-electron chi connectivity index (χ3n) is 2.77. The second-order valence-electron chi connectivity index (χ2n) is 3.76. The Balaban J connectivity index is 2.03. The lowest BCUT2D eigenvalue weighted by atomic mass is 9.99. The summed E-state index contributed by atoms with van der Waals surface area (Å²) in [4.78, 5) is 0. The highest BCUT2D eigenvalue weighted by atomic mass is 16.5. The van der Waals surface area contributed by atoms with E-state index in [1.54, 1.807) is 7.11 Å². The Morgan fingerprint density at radius 3 is 3.00 bits per heavy atom. The van der Waals surface area contributed by atoms with Gasteiger partial charge in [-0.05, 0) is 43.9 Å². The van der Waals surface area contributed by atoms with Crippen molar-refractivity contribution in [1.82, 2.24) is 0 Å². The van der Waals surface area contributed by atoms with E-state index in [1.165, 1.54) is 25.7 Å². The largest absolute Gasteiger partial charge is 0.385 e. The van der Waals surface area contributed by atoms with Crippen LogP contribution in [0.3, 0.4) is 0 Å². The molecule has 0 N–H and O–H groups in total. The van der Waals surface area contributed by atoms with E-state index in [0.717, 1.165) is 24.9 Å². The van der Waals surface area contributed by atoms with Crippen LogP contribution in [0.1, 0.15) is 32.1 Å². The highest BCUT2D eigenvalue weighted by Crippen LogP contribution is 2.34. The standard InChI is InChI=1S/C11H20O/c1-3-10-6-7-11(9-10)5-4-8-12-2/h7,10-11H,1,3-6,8-9H2,2H3. The molecule has 70 valence electrons. The van der Waals surface area contributed by atoms with Crippen molar-refractivity contribution in [3.8, 4) is 0 Å². The second kappa shape index (κ2) is 5.58. The topological polar surface area (TPSA) is 9.23 Å². The maximum atomic E-state index is 5.03. The molecule has 1 aliphatic rings. The Labute approximate surface area is 76.5 Å². The molecule has 1 saturated carbocycles. The highest BCUT2D eigenvalue weighted by molar-refractivity contribution is 4.89. The molecule has 0 aromatic heterocycles. The van der Waals surface area contributed by atoms with Crippen molar-refractivity contribution in [1.29, 1.82) is 0 Å². The SMILES string of the molecule is [CH2]CC1C[CH]C(CCCOC)C1. The van der Waals surface area contributed by atoms with Gasteiger partial charge in [-0.1, -0.05) is 13.3 Å². The molecule has 1 rings (SSSR count). The zero-order chi connectivity index (χ0) is 8.81. The molecular weight excluding hydrogens is 148 g/mol. The van der Waals surface area contributed by atoms with Crippen LogP contribution in [0.5, 0.6) is 0 Å². The smallest absolute Gasteiger partial charge is 0.0462 e.